The molecule has 1 aromatic carbocycles. The molecule has 1 atom stereocenters. The van der Waals surface area contributed by atoms with Gasteiger partial charge in [-0.2, -0.15) is 10.5 Å². The van der Waals surface area contributed by atoms with E-state index in [4.69, 9.17) is 5.53 Å². The lowest BCUT2D eigenvalue weighted by Gasteiger charge is -2.08. The molecule has 0 fully saturated rings. The number of hydrogen-bond acceptors (Lipinski definition) is 4. The van der Waals surface area contributed by atoms with E-state index in [1.807, 2.05) is 19.1 Å². The molecule has 0 radical (unpaired) electrons. The second kappa shape index (κ2) is 6.65. The minimum atomic E-state index is -1.38. The van der Waals surface area contributed by atoms with Crippen LogP contribution in [0.25, 0.3) is 0 Å². The van der Waals surface area contributed by atoms with E-state index in [2.05, 4.69) is 10.5 Å². The maximum absolute atomic E-state index is 11.9. The Kier molecular flexibility index (Phi) is 5.19. The third kappa shape index (κ3) is 3.77. The summed E-state index contributed by atoms with van der Waals surface area (Å²) in [6.07, 6.45) is 1.20. The monoisotopic (exact) mass is 266 g/mol. The average molecular weight is 266 g/mol. The van der Waals surface area contributed by atoms with E-state index in [0.717, 1.165) is 10.6 Å². The quantitative estimate of drug-likeness (QED) is 0.646. The lowest BCUT2D eigenvalue weighted by atomic mass is 10.2. The highest BCUT2D eigenvalue weighted by Gasteiger charge is 2.07. The van der Waals surface area contributed by atoms with Gasteiger partial charge in [0.25, 0.3) is 0 Å². The first-order valence-corrected chi connectivity index (χ1v) is 6.33. The molecule has 2 N–H and O–H groups in total. The van der Waals surface area contributed by atoms with Crippen molar-refractivity contribution in [3.05, 3.63) is 41.4 Å². The summed E-state index contributed by atoms with van der Waals surface area (Å²) in [6.45, 7) is 1.94. The number of nitrogens with one attached hydrogen (secondary N) is 2. The van der Waals surface area contributed by atoms with Gasteiger partial charge in [-0.15, -0.1) is 0 Å². The fraction of sp³-hybridized carbons (Fsp3) is 0.182. The van der Waals surface area contributed by atoms with Crippen LogP contribution in [0.5, 0.6) is 0 Å². The predicted octanol–water partition coefficient (Wildman–Crippen LogP) is 2.16. The molecule has 7 heteroatoms. The van der Waals surface area contributed by atoms with Gasteiger partial charge in [0.05, 0.1) is 10.8 Å². The molecule has 0 saturated heterocycles. The Morgan fingerprint density at radius 1 is 1.44 bits per heavy atom. The predicted molar refractivity (Wildman–Crippen MR) is 68.2 cm³/mol. The van der Waals surface area contributed by atoms with Crippen LogP contribution in [-0.4, -0.2) is 22.3 Å². The van der Waals surface area contributed by atoms with Crippen molar-refractivity contribution in [3.8, 4) is 0 Å². The number of carbonyl (C=O) groups excluding carboxylic acids is 1. The maximum atomic E-state index is 11.9. The number of carbonyl (C=O) groups is 1. The average Bonchev–Trinajstić information content (AvgIpc) is 2.39. The smallest absolute Gasteiger partial charge is 0.339 e. The highest BCUT2D eigenvalue weighted by molar-refractivity contribution is 7.88. The topological polar surface area (TPSA) is 85.6 Å². The lowest BCUT2D eigenvalue weighted by molar-refractivity contribution is 0.215. The first-order chi connectivity index (χ1) is 8.58. The maximum Gasteiger partial charge on any atom is 0.343 e. The van der Waals surface area contributed by atoms with Crippen LogP contribution in [0.15, 0.2) is 46.0 Å². The van der Waals surface area contributed by atoms with Crippen LogP contribution in [0, 0.1) is 12.5 Å². The van der Waals surface area contributed by atoms with Gasteiger partial charge in [-0.05, 0) is 19.1 Å². The second-order valence-electron chi connectivity index (χ2n) is 3.40. The zero-order valence-electron chi connectivity index (χ0n) is 10.1. The van der Waals surface area contributed by atoms with Gasteiger partial charge in [-0.25, -0.2) is 9.00 Å². The first-order valence-electron chi connectivity index (χ1n) is 5.12. The minimum Gasteiger partial charge on any atom is -0.339 e. The van der Waals surface area contributed by atoms with E-state index >= 15 is 0 Å². The van der Waals surface area contributed by atoms with E-state index < -0.39 is 16.8 Å². The minimum absolute atomic E-state index is 0.567. The lowest BCUT2D eigenvalue weighted by Crippen LogP contribution is -2.29. The first kappa shape index (κ1) is 14.0. The fourth-order valence-electron chi connectivity index (χ4n) is 1.12. The number of hydrogen-bond donors (Lipinski definition) is 2. The molecule has 0 heterocycles. The van der Waals surface area contributed by atoms with Gasteiger partial charge in [0.15, 0.2) is 0 Å². The van der Waals surface area contributed by atoms with Gasteiger partial charge in [-0.1, -0.05) is 22.9 Å². The van der Waals surface area contributed by atoms with Gasteiger partial charge in [0.2, 0.25) is 0 Å². The Morgan fingerprint density at radius 3 is 2.56 bits per heavy atom. The van der Waals surface area contributed by atoms with Crippen LogP contribution in [-0.2, 0) is 10.8 Å². The van der Waals surface area contributed by atoms with E-state index in [-0.39, 0.29) is 0 Å². The summed E-state index contributed by atoms with van der Waals surface area (Å²) in [5, 5.41) is 7.36. The third-order valence-corrected chi connectivity index (χ3v) is 3.21. The van der Waals surface area contributed by atoms with Crippen LogP contribution in [0.3, 0.4) is 0 Å². The summed E-state index contributed by atoms with van der Waals surface area (Å²) in [6, 6.07) is 6.64. The van der Waals surface area contributed by atoms with Gasteiger partial charge in [-0.3, -0.25) is 0 Å². The molecular weight excluding hydrogens is 252 g/mol. The summed E-state index contributed by atoms with van der Waals surface area (Å²) in [7, 11) is 0.0440. The van der Waals surface area contributed by atoms with Crippen molar-refractivity contribution in [1.29, 1.82) is 5.53 Å². The molecule has 0 aliphatic heterocycles. The van der Waals surface area contributed by atoms with Crippen LogP contribution in [0.4, 0.5) is 4.79 Å². The number of amides is 2. The van der Waals surface area contributed by atoms with Crippen molar-refractivity contribution < 1.29 is 9.00 Å². The largest absolute Gasteiger partial charge is 0.343 e. The van der Waals surface area contributed by atoms with E-state index in [1.165, 1.54) is 18.7 Å². The van der Waals surface area contributed by atoms with Crippen molar-refractivity contribution in [2.24, 2.45) is 5.22 Å². The Morgan fingerprint density at radius 2 is 2.06 bits per heavy atom. The zero-order valence-corrected chi connectivity index (χ0v) is 10.9. The standard InChI is InChI=1S/C11H14N4O2S/c1-9-3-5-10(6-4-9)18(17)8-7-15(14-12)11(16)13-2/h3-8,12H,1-2H3,(H,13,16)/b8-7+,14-12?. The molecule has 0 bridgehead atoms. The van der Waals surface area contributed by atoms with Crippen molar-refractivity contribution in [3.63, 3.8) is 0 Å². The molecular formula is C11H14N4O2S. The van der Waals surface area contributed by atoms with E-state index in [0.29, 0.717) is 4.90 Å². The molecule has 1 rings (SSSR count). The highest BCUT2D eigenvalue weighted by atomic mass is 32.2. The number of nitrogens with zero attached hydrogens (tertiary/aromatic N) is 2. The summed E-state index contributed by atoms with van der Waals surface area (Å²) in [5.41, 5.74) is 7.89. The summed E-state index contributed by atoms with van der Waals surface area (Å²) < 4.78 is 11.9. The van der Waals surface area contributed by atoms with Crippen molar-refractivity contribution in [1.82, 2.24) is 10.3 Å². The van der Waals surface area contributed by atoms with Crippen molar-refractivity contribution in [2.45, 2.75) is 11.8 Å². The number of urea groups is 1. The third-order valence-electron chi connectivity index (χ3n) is 2.11. The zero-order chi connectivity index (χ0) is 13.5. The van der Waals surface area contributed by atoms with E-state index in [9.17, 15) is 9.00 Å². The van der Waals surface area contributed by atoms with Crippen LogP contribution in [0.1, 0.15) is 5.56 Å². The van der Waals surface area contributed by atoms with Crippen molar-refractivity contribution >= 4 is 16.8 Å². The summed E-state index contributed by atoms with van der Waals surface area (Å²) >= 11 is 0. The summed E-state index contributed by atoms with van der Waals surface area (Å²) in [5.74, 6) is 0. The van der Waals surface area contributed by atoms with E-state index in [1.54, 1.807) is 12.1 Å². The molecule has 0 saturated carbocycles. The molecule has 0 aliphatic carbocycles. The molecule has 6 nitrogen and oxygen atoms in total. The van der Waals surface area contributed by atoms with Gasteiger partial charge in [0.1, 0.15) is 0 Å². The van der Waals surface area contributed by atoms with Gasteiger partial charge in [0, 0.05) is 23.6 Å². The Labute approximate surface area is 108 Å². The Hall–Kier alpha value is -2.02. The molecule has 1 unspecified atom stereocenters. The second-order valence-corrected chi connectivity index (χ2v) is 4.73. The molecule has 1 aromatic rings. The molecule has 2 amide bonds. The molecule has 0 aliphatic rings. The fourth-order valence-corrected chi connectivity index (χ4v) is 1.91. The van der Waals surface area contributed by atoms with Crippen LogP contribution >= 0.6 is 0 Å². The molecule has 0 aromatic heterocycles. The van der Waals surface area contributed by atoms with Crippen molar-refractivity contribution in [2.75, 3.05) is 7.05 Å². The molecule has 18 heavy (non-hydrogen) atoms. The molecule has 0 spiro atoms. The Balaban J connectivity index is 2.77. The van der Waals surface area contributed by atoms with Gasteiger partial charge < -0.3 is 5.32 Å². The Bertz CT molecular complexity index is 484. The number of rotatable bonds is 4. The SMILES string of the molecule is CNC(=O)N(/C=C/S(=O)c1ccc(C)cc1)N=N. The highest BCUT2D eigenvalue weighted by Crippen LogP contribution is 2.09. The number of aryl methyl sites for hydroxylation is 1. The normalized spacial score (nSPS) is 12.1. The molecule has 96 valence electrons. The van der Waals surface area contributed by atoms with Gasteiger partial charge >= 0.3 is 6.03 Å². The van der Waals surface area contributed by atoms with Crippen LogP contribution in [0.2, 0.25) is 0 Å². The summed E-state index contributed by atoms with van der Waals surface area (Å²) in [4.78, 5) is 11.8. The van der Waals surface area contributed by atoms with Crippen LogP contribution < -0.4 is 5.32 Å². The number of benzene rings is 1.